The summed E-state index contributed by atoms with van der Waals surface area (Å²) in [6.07, 6.45) is 2.04. The number of nitrogens with two attached hydrogens (primary N) is 1. The number of nitrogens with zero attached hydrogens (tertiary/aromatic N) is 1. The van der Waals surface area contributed by atoms with Crippen LogP contribution in [0.15, 0.2) is 48.7 Å². The molecule has 0 aliphatic carbocycles. The molecule has 1 aromatic heterocycles. The SMILES string of the molecule is Cc1ccc2c(ccn2Cc2ccc(C(N)=O)cc2Cl)c1. The predicted molar refractivity (Wildman–Crippen MR) is 85.7 cm³/mol. The third-order valence-corrected chi connectivity index (χ3v) is 3.96. The molecule has 1 amide bonds. The van der Waals surface area contributed by atoms with E-state index >= 15 is 0 Å². The minimum Gasteiger partial charge on any atom is -0.366 e. The fourth-order valence-corrected chi connectivity index (χ4v) is 2.71. The molecule has 3 nitrogen and oxygen atoms in total. The van der Waals surface area contributed by atoms with Gasteiger partial charge in [0.15, 0.2) is 0 Å². The van der Waals surface area contributed by atoms with E-state index < -0.39 is 5.91 Å². The van der Waals surface area contributed by atoms with Crippen LogP contribution >= 0.6 is 11.6 Å². The lowest BCUT2D eigenvalue weighted by Crippen LogP contribution is -2.11. The average Bonchev–Trinajstić information content (AvgIpc) is 2.83. The van der Waals surface area contributed by atoms with Crippen LogP contribution in [0.2, 0.25) is 5.02 Å². The zero-order chi connectivity index (χ0) is 15.0. The van der Waals surface area contributed by atoms with Gasteiger partial charge >= 0.3 is 0 Å². The molecule has 0 fully saturated rings. The van der Waals surface area contributed by atoms with Crippen molar-refractivity contribution in [1.82, 2.24) is 4.57 Å². The Labute approximate surface area is 127 Å². The maximum Gasteiger partial charge on any atom is 0.248 e. The van der Waals surface area contributed by atoms with Crippen molar-refractivity contribution in [2.45, 2.75) is 13.5 Å². The highest BCUT2D eigenvalue weighted by molar-refractivity contribution is 6.31. The smallest absolute Gasteiger partial charge is 0.248 e. The van der Waals surface area contributed by atoms with Gasteiger partial charge < -0.3 is 10.3 Å². The summed E-state index contributed by atoms with van der Waals surface area (Å²) in [6, 6.07) is 13.6. The number of rotatable bonds is 3. The lowest BCUT2D eigenvalue weighted by Gasteiger charge is -2.09. The van der Waals surface area contributed by atoms with Crippen molar-refractivity contribution < 1.29 is 4.79 Å². The van der Waals surface area contributed by atoms with Crippen molar-refractivity contribution in [2.75, 3.05) is 0 Å². The first-order chi connectivity index (χ1) is 10.0. The van der Waals surface area contributed by atoms with Gasteiger partial charge in [-0.2, -0.15) is 0 Å². The number of primary amides is 1. The Balaban J connectivity index is 1.97. The minimum atomic E-state index is -0.467. The van der Waals surface area contributed by atoms with Crippen LogP contribution in [-0.4, -0.2) is 10.5 Å². The molecular formula is C17H15ClN2O. The van der Waals surface area contributed by atoms with Crippen LogP contribution in [0.25, 0.3) is 10.9 Å². The molecule has 2 aromatic carbocycles. The van der Waals surface area contributed by atoms with Gasteiger partial charge in [0.25, 0.3) is 0 Å². The average molecular weight is 299 g/mol. The van der Waals surface area contributed by atoms with Crippen molar-refractivity contribution >= 4 is 28.4 Å². The summed E-state index contributed by atoms with van der Waals surface area (Å²) >= 11 is 6.25. The molecule has 0 unspecified atom stereocenters. The number of aromatic nitrogens is 1. The zero-order valence-corrected chi connectivity index (χ0v) is 12.4. The summed E-state index contributed by atoms with van der Waals surface area (Å²) in [5.41, 5.74) is 9.04. The van der Waals surface area contributed by atoms with E-state index in [2.05, 4.69) is 35.8 Å². The van der Waals surface area contributed by atoms with Gasteiger partial charge in [-0.3, -0.25) is 4.79 Å². The molecule has 106 valence electrons. The van der Waals surface area contributed by atoms with Crippen LogP contribution in [0.1, 0.15) is 21.5 Å². The maximum atomic E-state index is 11.1. The Hall–Kier alpha value is -2.26. The van der Waals surface area contributed by atoms with Crippen molar-refractivity contribution in [3.8, 4) is 0 Å². The highest BCUT2D eigenvalue weighted by atomic mass is 35.5. The summed E-state index contributed by atoms with van der Waals surface area (Å²) in [5, 5.41) is 1.76. The Bertz CT molecular complexity index is 836. The van der Waals surface area contributed by atoms with E-state index in [1.165, 1.54) is 10.9 Å². The van der Waals surface area contributed by atoms with E-state index in [-0.39, 0.29) is 0 Å². The van der Waals surface area contributed by atoms with Gasteiger partial charge in [0.05, 0.1) is 0 Å². The second-order valence-corrected chi connectivity index (χ2v) is 5.58. The first kappa shape index (κ1) is 13.7. The molecule has 0 radical (unpaired) electrons. The first-order valence-electron chi connectivity index (χ1n) is 6.68. The van der Waals surface area contributed by atoms with E-state index in [1.54, 1.807) is 12.1 Å². The maximum absolute atomic E-state index is 11.1. The highest BCUT2D eigenvalue weighted by Gasteiger charge is 2.08. The minimum absolute atomic E-state index is 0.428. The van der Waals surface area contributed by atoms with Crippen LogP contribution in [0.4, 0.5) is 0 Å². The molecule has 0 spiro atoms. The van der Waals surface area contributed by atoms with E-state index in [0.29, 0.717) is 17.1 Å². The molecule has 3 aromatic rings. The standard InChI is InChI=1S/C17H15ClN2O/c1-11-2-5-16-12(8-11)6-7-20(16)10-14-4-3-13(17(19)21)9-15(14)18/h2-9H,10H2,1H3,(H2,19,21). The zero-order valence-electron chi connectivity index (χ0n) is 11.6. The summed E-state index contributed by atoms with van der Waals surface area (Å²) in [5.74, 6) is -0.467. The van der Waals surface area contributed by atoms with Gasteiger partial charge in [0.1, 0.15) is 0 Å². The number of benzene rings is 2. The van der Waals surface area contributed by atoms with Gasteiger partial charge in [-0.15, -0.1) is 0 Å². The molecule has 0 aliphatic heterocycles. The lowest BCUT2D eigenvalue weighted by molar-refractivity contribution is 0.100. The predicted octanol–water partition coefficient (Wildman–Crippen LogP) is 3.75. The number of aryl methyl sites for hydroxylation is 1. The normalized spacial score (nSPS) is 11.0. The quantitative estimate of drug-likeness (QED) is 0.786. The first-order valence-corrected chi connectivity index (χ1v) is 7.06. The van der Waals surface area contributed by atoms with Crippen molar-refractivity contribution in [1.29, 1.82) is 0 Å². The number of carbonyl (C=O) groups is 1. The van der Waals surface area contributed by atoms with Crippen LogP contribution in [-0.2, 0) is 6.54 Å². The van der Waals surface area contributed by atoms with Crippen molar-refractivity contribution in [3.05, 3.63) is 70.4 Å². The Kier molecular flexibility index (Phi) is 3.43. The molecule has 1 heterocycles. The topological polar surface area (TPSA) is 48.0 Å². The lowest BCUT2D eigenvalue weighted by atomic mass is 10.1. The second kappa shape index (κ2) is 5.26. The summed E-state index contributed by atoms with van der Waals surface area (Å²) in [7, 11) is 0. The van der Waals surface area contributed by atoms with Gasteiger partial charge in [0.2, 0.25) is 5.91 Å². The van der Waals surface area contributed by atoms with Gasteiger partial charge in [-0.1, -0.05) is 29.3 Å². The molecule has 2 N–H and O–H groups in total. The fraction of sp³-hybridized carbons (Fsp3) is 0.118. The number of carbonyl (C=O) groups excluding carboxylic acids is 1. The van der Waals surface area contributed by atoms with E-state index in [4.69, 9.17) is 17.3 Å². The van der Waals surface area contributed by atoms with E-state index in [9.17, 15) is 4.79 Å². The molecular weight excluding hydrogens is 284 g/mol. The largest absolute Gasteiger partial charge is 0.366 e. The second-order valence-electron chi connectivity index (χ2n) is 5.18. The summed E-state index contributed by atoms with van der Waals surface area (Å²) < 4.78 is 2.14. The fourth-order valence-electron chi connectivity index (χ4n) is 2.47. The van der Waals surface area contributed by atoms with E-state index in [1.807, 2.05) is 12.3 Å². The summed E-state index contributed by atoms with van der Waals surface area (Å²) in [6.45, 7) is 2.74. The van der Waals surface area contributed by atoms with Crippen LogP contribution in [0.5, 0.6) is 0 Å². The highest BCUT2D eigenvalue weighted by Crippen LogP contribution is 2.23. The molecule has 0 saturated heterocycles. The number of halogens is 1. The van der Waals surface area contributed by atoms with Gasteiger partial charge in [-0.05, 0) is 48.2 Å². The van der Waals surface area contributed by atoms with Gasteiger partial charge in [-0.25, -0.2) is 0 Å². The number of hydrogen-bond acceptors (Lipinski definition) is 1. The van der Waals surface area contributed by atoms with Crippen molar-refractivity contribution in [3.63, 3.8) is 0 Å². The van der Waals surface area contributed by atoms with Crippen molar-refractivity contribution in [2.24, 2.45) is 5.73 Å². The molecule has 0 aliphatic rings. The summed E-state index contributed by atoms with van der Waals surface area (Å²) in [4.78, 5) is 11.1. The Morgan fingerprint density at radius 3 is 2.71 bits per heavy atom. The molecule has 3 rings (SSSR count). The number of fused-ring (bicyclic) bond motifs is 1. The van der Waals surface area contributed by atoms with Crippen LogP contribution < -0.4 is 5.73 Å². The third kappa shape index (κ3) is 2.65. The molecule has 21 heavy (non-hydrogen) atoms. The number of hydrogen-bond donors (Lipinski definition) is 1. The third-order valence-electron chi connectivity index (χ3n) is 3.60. The number of amides is 1. The monoisotopic (exact) mass is 298 g/mol. The molecule has 0 saturated carbocycles. The van der Waals surface area contributed by atoms with Gasteiger partial charge in [0, 0.05) is 28.8 Å². The Morgan fingerprint density at radius 2 is 2.00 bits per heavy atom. The Morgan fingerprint density at radius 1 is 1.19 bits per heavy atom. The molecule has 0 bridgehead atoms. The van der Waals surface area contributed by atoms with Crippen LogP contribution in [0, 0.1) is 6.92 Å². The molecule has 0 atom stereocenters. The van der Waals surface area contributed by atoms with E-state index in [0.717, 1.165) is 11.1 Å². The van der Waals surface area contributed by atoms with Crippen LogP contribution in [0.3, 0.4) is 0 Å². The molecule has 4 heteroatoms.